The van der Waals surface area contributed by atoms with Crippen molar-refractivity contribution in [3.63, 3.8) is 0 Å². The van der Waals surface area contributed by atoms with E-state index in [1.165, 1.54) is 6.07 Å². The number of rotatable bonds is 6. The SMILES string of the molecule is CCC1(CC)CC(NC(=O)C2CCN(Cc3c(F)cccc3Cl)CC2)c2ccccc2O1. The Labute approximate surface area is 195 Å². The quantitative estimate of drug-likeness (QED) is 0.586. The van der Waals surface area contributed by atoms with Gasteiger partial charge >= 0.3 is 0 Å². The van der Waals surface area contributed by atoms with E-state index < -0.39 is 0 Å². The minimum absolute atomic E-state index is 0.0324. The third-order valence-electron chi connectivity index (χ3n) is 7.20. The predicted molar refractivity (Wildman–Crippen MR) is 125 cm³/mol. The number of carbonyl (C=O) groups is 1. The maximum absolute atomic E-state index is 14.1. The summed E-state index contributed by atoms with van der Waals surface area (Å²) in [6.07, 6.45) is 4.11. The normalized spacial score (nSPS) is 20.9. The summed E-state index contributed by atoms with van der Waals surface area (Å²) in [5.74, 6) is 0.682. The van der Waals surface area contributed by atoms with Gasteiger partial charge in [0.1, 0.15) is 17.2 Å². The summed E-state index contributed by atoms with van der Waals surface area (Å²) in [7, 11) is 0. The molecule has 2 heterocycles. The smallest absolute Gasteiger partial charge is 0.223 e. The number of nitrogens with zero attached hydrogens (tertiary/aromatic N) is 1. The molecule has 0 spiro atoms. The zero-order valence-corrected chi connectivity index (χ0v) is 19.6. The van der Waals surface area contributed by atoms with Crippen molar-refractivity contribution in [3.8, 4) is 5.75 Å². The number of hydrogen-bond acceptors (Lipinski definition) is 3. The van der Waals surface area contributed by atoms with Crippen LogP contribution in [-0.2, 0) is 11.3 Å². The van der Waals surface area contributed by atoms with E-state index in [4.69, 9.17) is 16.3 Å². The molecule has 4 rings (SSSR count). The number of amides is 1. The number of piperidine rings is 1. The maximum atomic E-state index is 14.1. The van der Waals surface area contributed by atoms with E-state index in [9.17, 15) is 9.18 Å². The highest BCUT2D eigenvalue weighted by atomic mass is 35.5. The Morgan fingerprint density at radius 2 is 1.88 bits per heavy atom. The van der Waals surface area contributed by atoms with Gasteiger partial charge in [-0.05, 0) is 57.0 Å². The second-order valence-electron chi connectivity index (χ2n) is 9.05. The number of benzene rings is 2. The van der Waals surface area contributed by atoms with E-state index in [-0.39, 0.29) is 29.3 Å². The number of halogens is 2. The molecule has 32 heavy (non-hydrogen) atoms. The first-order chi connectivity index (χ1) is 15.4. The van der Waals surface area contributed by atoms with E-state index in [0.717, 1.165) is 56.5 Å². The molecule has 2 aliphatic heterocycles. The molecular weight excluding hydrogens is 427 g/mol. The van der Waals surface area contributed by atoms with Crippen LogP contribution in [0, 0.1) is 11.7 Å². The highest BCUT2D eigenvalue weighted by Crippen LogP contribution is 2.42. The van der Waals surface area contributed by atoms with Crippen molar-refractivity contribution in [3.05, 3.63) is 64.4 Å². The van der Waals surface area contributed by atoms with Gasteiger partial charge in [0.25, 0.3) is 0 Å². The molecule has 4 nitrogen and oxygen atoms in total. The van der Waals surface area contributed by atoms with Crippen LogP contribution in [0.2, 0.25) is 5.02 Å². The molecule has 172 valence electrons. The summed E-state index contributed by atoms with van der Waals surface area (Å²) in [5.41, 5.74) is 1.35. The van der Waals surface area contributed by atoms with Gasteiger partial charge in [-0.25, -0.2) is 4.39 Å². The maximum Gasteiger partial charge on any atom is 0.223 e. The van der Waals surface area contributed by atoms with E-state index in [0.29, 0.717) is 17.1 Å². The number of para-hydroxylation sites is 1. The van der Waals surface area contributed by atoms with Gasteiger partial charge in [0, 0.05) is 35.0 Å². The molecule has 6 heteroatoms. The first kappa shape index (κ1) is 23.1. The lowest BCUT2D eigenvalue weighted by Crippen LogP contribution is -2.47. The van der Waals surface area contributed by atoms with Crippen molar-refractivity contribution in [1.82, 2.24) is 10.2 Å². The first-order valence-electron chi connectivity index (χ1n) is 11.7. The summed E-state index contributed by atoms with van der Waals surface area (Å²) in [6, 6.07) is 12.8. The number of carbonyl (C=O) groups excluding carboxylic acids is 1. The van der Waals surface area contributed by atoms with Crippen LogP contribution in [0.25, 0.3) is 0 Å². The summed E-state index contributed by atoms with van der Waals surface area (Å²) >= 11 is 6.18. The highest BCUT2D eigenvalue weighted by molar-refractivity contribution is 6.31. The standard InChI is InChI=1S/C26H32ClFN2O2/c1-3-26(4-2)16-23(19-8-5-6-11-24(19)32-26)29-25(31)18-12-14-30(15-13-18)17-20-21(27)9-7-10-22(20)28/h5-11,18,23H,3-4,12-17H2,1-2H3,(H,29,31). The summed E-state index contributed by atoms with van der Waals surface area (Å²) in [6.45, 7) is 6.27. The van der Waals surface area contributed by atoms with Crippen LogP contribution in [-0.4, -0.2) is 29.5 Å². The molecule has 2 aromatic rings. The monoisotopic (exact) mass is 458 g/mol. The molecule has 0 radical (unpaired) electrons. The molecule has 1 fully saturated rings. The van der Waals surface area contributed by atoms with Gasteiger partial charge in [0.05, 0.1) is 6.04 Å². The molecule has 0 bridgehead atoms. The lowest BCUT2D eigenvalue weighted by molar-refractivity contribution is -0.128. The summed E-state index contributed by atoms with van der Waals surface area (Å²) < 4.78 is 20.5. The van der Waals surface area contributed by atoms with Crippen LogP contribution in [0.4, 0.5) is 4.39 Å². The Balaban J connectivity index is 1.39. The first-order valence-corrected chi connectivity index (χ1v) is 12.1. The number of hydrogen-bond donors (Lipinski definition) is 1. The predicted octanol–water partition coefficient (Wildman–Crippen LogP) is 5.89. The van der Waals surface area contributed by atoms with Crippen molar-refractivity contribution in [2.24, 2.45) is 5.92 Å². The van der Waals surface area contributed by atoms with Crippen molar-refractivity contribution in [2.45, 2.75) is 64.1 Å². The number of nitrogens with one attached hydrogen (secondary N) is 1. The van der Waals surface area contributed by atoms with Crippen LogP contribution in [0.15, 0.2) is 42.5 Å². The molecule has 0 aliphatic carbocycles. The molecule has 0 saturated carbocycles. The van der Waals surface area contributed by atoms with Crippen LogP contribution < -0.4 is 10.1 Å². The molecule has 1 unspecified atom stereocenters. The van der Waals surface area contributed by atoms with Crippen LogP contribution in [0.3, 0.4) is 0 Å². The summed E-state index contributed by atoms with van der Waals surface area (Å²) in [5, 5.41) is 3.79. The fourth-order valence-corrected chi connectivity index (χ4v) is 5.20. The van der Waals surface area contributed by atoms with E-state index in [1.807, 2.05) is 18.2 Å². The molecule has 1 amide bonds. The lowest BCUT2D eigenvalue weighted by Gasteiger charge is -2.42. The third-order valence-corrected chi connectivity index (χ3v) is 7.56. The zero-order valence-electron chi connectivity index (χ0n) is 18.9. The van der Waals surface area contributed by atoms with Crippen molar-refractivity contribution < 1.29 is 13.9 Å². The summed E-state index contributed by atoms with van der Waals surface area (Å²) in [4.78, 5) is 15.4. The van der Waals surface area contributed by atoms with Gasteiger partial charge in [-0.2, -0.15) is 0 Å². The van der Waals surface area contributed by atoms with Crippen molar-refractivity contribution >= 4 is 17.5 Å². The molecule has 2 aliphatic rings. The zero-order chi connectivity index (χ0) is 22.7. The number of ether oxygens (including phenoxy) is 1. The topological polar surface area (TPSA) is 41.6 Å². The average molecular weight is 459 g/mol. The fourth-order valence-electron chi connectivity index (χ4n) is 4.98. The number of fused-ring (bicyclic) bond motifs is 1. The Bertz CT molecular complexity index is 934. The largest absolute Gasteiger partial charge is 0.487 e. The van der Waals surface area contributed by atoms with Crippen molar-refractivity contribution in [2.75, 3.05) is 13.1 Å². The molecule has 1 saturated heterocycles. The number of likely N-dealkylation sites (tertiary alicyclic amines) is 1. The van der Waals surface area contributed by atoms with Gasteiger partial charge < -0.3 is 10.1 Å². The Morgan fingerprint density at radius 1 is 1.16 bits per heavy atom. The molecular formula is C26H32ClFN2O2. The van der Waals surface area contributed by atoms with E-state index in [2.05, 4.69) is 30.1 Å². The Hall–Kier alpha value is -2.11. The van der Waals surface area contributed by atoms with Crippen LogP contribution >= 0.6 is 11.6 Å². The van der Waals surface area contributed by atoms with Gasteiger partial charge in [0.2, 0.25) is 5.91 Å². The highest BCUT2D eigenvalue weighted by Gasteiger charge is 2.39. The molecule has 1 N–H and O–H groups in total. The minimum atomic E-state index is -0.272. The Kier molecular flexibility index (Phi) is 7.06. The molecule has 2 aromatic carbocycles. The molecule has 0 aromatic heterocycles. The van der Waals surface area contributed by atoms with Gasteiger partial charge in [-0.3, -0.25) is 9.69 Å². The fraction of sp³-hybridized carbons (Fsp3) is 0.500. The lowest BCUT2D eigenvalue weighted by atomic mass is 9.83. The molecule has 1 atom stereocenters. The van der Waals surface area contributed by atoms with E-state index >= 15 is 0 Å². The minimum Gasteiger partial charge on any atom is -0.487 e. The van der Waals surface area contributed by atoms with E-state index in [1.54, 1.807) is 12.1 Å². The van der Waals surface area contributed by atoms with Gasteiger partial charge in [0.15, 0.2) is 0 Å². The second-order valence-corrected chi connectivity index (χ2v) is 9.45. The van der Waals surface area contributed by atoms with Crippen LogP contribution in [0.1, 0.15) is 63.1 Å². The Morgan fingerprint density at radius 3 is 2.56 bits per heavy atom. The second kappa shape index (κ2) is 9.80. The third kappa shape index (κ3) is 4.79. The van der Waals surface area contributed by atoms with Gasteiger partial charge in [-0.1, -0.05) is 49.7 Å². The van der Waals surface area contributed by atoms with Crippen LogP contribution in [0.5, 0.6) is 5.75 Å². The average Bonchev–Trinajstić information content (AvgIpc) is 2.81. The van der Waals surface area contributed by atoms with Gasteiger partial charge in [-0.15, -0.1) is 0 Å². The van der Waals surface area contributed by atoms with Crippen molar-refractivity contribution in [1.29, 1.82) is 0 Å².